The van der Waals surface area contributed by atoms with Crippen molar-refractivity contribution in [3.05, 3.63) is 4.88 Å². The normalized spacial score (nSPS) is 20.4. The van der Waals surface area contributed by atoms with Gasteiger partial charge >= 0.3 is 0 Å². The highest BCUT2D eigenvalue weighted by Gasteiger charge is 2.34. The molecule has 1 aromatic heterocycles. The number of thiophene rings is 1. The van der Waals surface area contributed by atoms with Gasteiger partial charge in [0, 0.05) is 12.6 Å². The summed E-state index contributed by atoms with van der Waals surface area (Å²) in [5.74, 6) is 1.16. The van der Waals surface area contributed by atoms with Crippen molar-refractivity contribution in [3.8, 4) is 5.75 Å². The summed E-state index contributed by atoms with van der Waals surface area (Å²) in [6, 6.07) is 0.462. The standard InChI is InChI=1S/C15H25N3O2S/c1-5-6-17-14(19)13-11(16)12(20-8(2)3)15(21-13)18-10-7-9(10)4/h8-10,18H,5-7,16H2,1-4H3,(H,17,19). The molecule has 2 atom stereocenters. The van der Waals surface area contributed by atoms with Gasteiger partial charge in [0.2, 0.25) is 0 Å². The molecule has 1 saturated carbocycles. The summed E-state index contributed by atoms with van der Waals surface area (Å²) in [4.78, 5) is 12.7. The molecule has 0 saturated heterocycles. The highest BCUT2D eigenvalue weighted by atomic mass is 32.1. The van der Waals surface area contributed by atoms with Crippen LogP contribution < -0.4 is 21.1 Å². The van der Waals surface area contributed by atoms with Gasteiger partial charge in [-0.3, -0.25) is 4.79 Å². The van der Waals surface area contributed by atoms with Crippen LogP contribution in [0.2, 0.25) is 0 Å². The Kier molecular flexibility index (Phi) is 4.98. The average molecular weight is 311 g/mol. The molecule has 6 heteroatoms. The van der Waals surface area contributed by atoms with Crippen LogP contribution in [0, 0.1) is 5.92 Å². The third-order valence-corrected chi connectivity index (χ3v) is 4.54. The molecule has 1 amide bonds. The van der Waals surface area contributed by atoms with E-state index in [0.29, 0.717) is 34.8 Å². The van der Waals surface area contributed by atoms with Crippen molar-refractivity contribution in [3.63, 3.8) is 0 Å². The zero-order chi connectivity index (χ0) is 15.6. The van der Waals surface area contributed by atoms with E-state index in [4.69, 9.17) is 10.5 Å². The van der Waals surface area contributed by atoms with Crippen molar-refractivity contribution >= 4 is 27.9 Å². The quantitative estimate of drug-likeness (QED) is 0.723. The molecule has 2 rings (SSSR count). The maximum absolute atomic E-state index is 12.2. The molecular weight excluding hydrogens is 286 g/mol. The molecule has 0 spiro atoms. The van der Waals surface area contributed by atoms with Gasteiger partial charge in [0.15, 0.2) is 5.75 Å². The van der Waals surface area contributed by atoms with E-state index in [0.717, 1.165) is 17.8 Å². The molecule has 0 bridgehead atoms. The van der Waals surface area contributed by atoms with Gasteiger partial charge in [-0.1, -0.05) is 13.8 Å². The number of nitrogens with two attached hydrogens (primary N) is 1. The molecule has 1 aliphatic rings. The molecule has 4 N–H and O–H groups in total. The number of hydrogen-bond donors (Lipinski definition) is 3. The Morgan fingerprint density at radius 1 is 1.52 bits per heavy atom. The van der Waals surface area contributed by atoms with E-state index >= 15 is 0 Å². The number of ether oxygens (including phenoxy) is 1. The Labute approximate surface area is 130 Å². The number of hydrogen-bond acceptors (Lipinski definition) is 5. The van der Waals surface area contributed by atoms with E-state index in [2.05, 4.69) is 17.6 Å². The molecule has 1 fully saturated rings. The van der Waals surface area contributed by atoms with Crippen LogP contribution >= 0.6 is 11.3 Å². The fourth-order valence-corrected chi connectivity index (χ4v) is 3.09. The minimum atomic E-state index is -0.121. The fraction of sp³-hybridized carbons (Fsp3) is 0.667. The molecule has 1 aliphatic carbocycles. The molecule has 1 heterocycles. The Bertz CT molecular complexity index is 513. The van der Waals surface area contributed by atoms with Gasteiger partial charge in [0.25, 0.3) is 5.91 Å². The molecule has 0 aliphatic heterocycles. The Morgan fingerprint density at radius 2 is 2.19 bits per heavy atom. The number of rotatable bonds is 7. The highest BCUT2D eigenvalue weighted by Crippen LogP contribution is 2.46. The number of carbonyl (C=O) groups excluding carboxylic acids is 1. The van der Waals surface area contributed by atoms with Gasteiger partial charge in [-0.05, 0) is 32.6 Å². The van der Waals surface area contributed by atoms with Crippen molar-refractivity contribution < 1.29 is 9.53 Å². The largest absolute Gasteiger partial charge is 0.486 e. The summed E-state index contributed by atoms with van der Waals surface area (Å²) in [6.45, 7) is 8.78. The third-order valence-electron chi connectivity index (χ3n) is 3.42. The van der Waals surface area contributed by atoms with Gasteiger partial charge < -0.3 is 21.1 Å². The predicted molar refractivity (Wildman–Crippen MR) is 88.3 cm³/mol. The van der Waals surface area contributed by atoms with E-state index in [-0.39, 0.29) is 12.0 Å². The minimum absolute atomic E-state index is 0.0191. The second-order valence-corrected chi connectivity index (χ2v) is 6.91. The van der Waals surface area contributed by atoms with E-state index in [1.165, 1.54) is 11.3 Å². The van der Waals surface area contributed by atoms with Gasteiger partial charge in [0.1, 0.15) is 15.6 Å². The van der Waals surface area contributed by atoms with Crippen molar-refractivity contribution in [1.29, 1.82) is 0 Å². The van der Waals surface area contributed by atoms with E-state index in [1.54, 1.807) is 0 Å². The van der Waals surface area contributed by atoms with Crippen molar-refractivity contribution in [2.24, 2.45) is 5.92 Å². The van der Waals surface area contributed by atoms with Crippen molar-refractivity contribution in [2.75, 3.05) is 17.6 Å². The van der Waals surface area contributed by atoms with Crippen LogP contribution in [0.3, 0.4) is 0 Å². The number of amides is 1. The van der Waals surface area contributed by atoms with Gasteiger partial charge in [-0.2, -0.15) is 0 Å². The lowest BCUT2D eigenvalue weighted by molar-refractivity contribution is 0.0958. The topological polar surface area (TPSA) is 76.4 Å². The summed E-state index contributed by atoms with van der Waals surface area (Å²) in [6.07, 6.45) is 2.07. The van der Waals surface area contributed by atoms with Crippen LogP contribution in [0.1, 0.15) is 50.2 Å². The van der Waals surface area contributed by atoms with Crippen LogP contribution in [0.15, 0.2) is 0 Å². The molecule has 5 nitrogen and oxygen atoms in total. The van der Waals surface area contributed by atoms with E-state index < -0.39 is 0 Å². The summed E-state index contributed by atoms with van der Waals surface area (Å²) in [7, 11) is 0. The van der Waals surface area contributed by atoms with Crippen LogP contribution in [-0.4, -0.2) is 24.6 Å². The number of carbonyl (C=O) groups is 1. The lowest BCUT2D eigenvalue weighted by atomic mass is 10.3. The highest BCUT2D eigenvalue weighted by molar-refractivity contribution is 7.19. The molecule has 21 heavy (non-hydrogen) atoms. The monoisotopic (exact) mass is 311 g/mol. The molecule has 118 valence electrons. The lowest BCUT2D eigenvalue weighted by Gasteiger charge is -2.12. The molecular formula is C15H25N3O2S. The van der Waals surface area contributed by atoms with E-state index in [1.807, 2.05) is 20.8 Å². The maximum atomic E-state index is 12.2. The average Bonchev–Trinajstić information content (AvgIpc) is 3.03. The minimum Gasteiger partial charge on any atom is -0.486 e. The number of nitrogen functional groups attached to an aromatic ring is 1. The Morgan fingerprint density at radius 3 is 2.71 bits per heavy atom. The van der Waals surface area contributed by atoms with Gasteiger partial charge in [-0.25, -0.2) is 0 Å². The van der Waals surface area contributed by atoms with Crippen molar-refractivity contribution in [1.82, 2.24) is 5.32 Å². The first-order chi connectivity index (χ1) is 9.93. The maximum Gasteiger partial charge on any atom is 0.263 e. The summed E-state index contributed by atoms with van der Waals surface area (Å²) < 4.78 is 5.82. The van der Waals surface area contributed by atoms with Gasteiger partial charge in [0.05, 0.1) is 6.10 Å². The molecule has 1 aromatic rings. The molecule has 0 aromatic carbocycles. The summed E-state index contributed by atoms with van der Waals surface area (Å²) >= 11 is 1.38. The first-order valence-corrected chi connectivity index (χ1v) is 8.39. The number of anilines is 2. The van der Waals surface area contributed by atoms with Crippen LogP contribution in [-0.2, 0) is 0 Å². The SMILES string of the molecule is CCCNC(=O)c1sc(NC2CC2C)c(OC(C)C)c1N. The van der Waals surface area contributed by atoms with Crippen LogP contribution in [0.5, 0.6) is 5.75 Å². The Hall–Kier alpha value is -1.43. The fourth-order valence-electron chi connectivity index (χ4n) is 2.06. The Balaban J connectivity index is 2.22. The zero-order valence-electron chi connectivity index (χ0n) is 13.2. The summed E-state index contributed by atoms with van der Waals surface area (Å²) in [5.41, 5.74) is 6.58. The second-order valence-electron chi connectivity index (χ2n) is 5.89. The smallest absolute Gasteiger partial charge is 0.263 e. The first-order valence-electron chi connectivity index (χ1n) is 7.57. The lowest BCUT2D eigenvalue weighted by Crippen LogP contribution is -2.23. The first kappa shape index (κ1) is 15.9. The zero-order valence-corrected chi connectivity index (χ0v) is 14.0. The second kappa shape index (κ2) is 6.56. The van der Waals surface area contributed by atoms with Crippen LogP contribution in [0.25, 0.3) is 0 Å². The molecule has 0 radical (unpaired) electrons. The van der Waals surface area contributed by atoms with E-state index in [9.17, 15) is 4.79 Å². The van der Waals surface area contributed by atoms with Gasteiger partial charge in [-0.15, -0.1) is 11.3 Å². The van der Waals surface area contributed by atoms with Crippen LogP contribution in [0.4, 0.5) is 10.7 Å². The molecule has 2 unspecified atom stereocenters. The number of nitrogens with one attached hydrogen (secondary N) is 2. The predicted octanol–water partition coefficient (Wildman–Crippen LogP) is 3.08. The summed E-state index contributed by atoms with van der Waals surface area (Å²) in [5, 5.41) is 7.19. The van der Waals surface area contributed by atoms with Crippen molar-refractivity contribution in [2.45, 2.75) is 52.7 Å². The third kappa shape index (κ3) is 3.81.